The molecule has 2 saturated carbocycles. The molecule has 0 N–H and O–H groups in total. The lowest BCUT2D eigenvalue weighted by atomic mass is 9.81. The Hall–Kier alpha value is -7.94. The van der Waals surface area contributed by atoms with Crippen molar-refractivity contribution in [2.24, 2.45) is 0 Å². The van der Waals surface area contributed by atoms with E-state index in [1.165, 1.54) is 152 Å². The topological polar surface area (TPSA) is 6.48 Å². The Balaban J connectivity index is 1.02. The Morgan fingerprint density at radius 3 is 1.03 bits per heavy atom. The van der Waals surface area contributed by atoms with Crippen LogP contribution in [0.2, 0.25) is 0 Å². The zero-order chi connectivity index (χ0) is 49.2. The molecule has 11 aromatic rings. The highest BCUT2D eigenvalue weighted by Gasteiger charge is 2.28. The average molecular weight is 957 g/mol. The maximum absolute atomic E-state index is 2.61. The highest BCUT2D eigenvalue weighted by molar-refractivity contribution is 6.23. The van der Waals surface area contributed by atoms with Gasteiger partial charge in [-0.15, -0.1) is 0 Å². The van der Waals surface area contributed by atoms with Crippen molar-refractivity contribution < 1.29 is 0 Å². The molecule has 11 aromatic carbocycles. The monoisotopic (exact) mass is 957 g/mol. The Bertz CT molecular complexity index is 3480. The number of rotatable bonds is 12. The molecule has 0 amide bonds. The van der Waals surface area contributed by atoms with E-state index in [2.05, 4.69) is 240 Å². The first-order valence-corrected chi connectivity index (χ1v) is 27.5. The van der Waals surface area contributed by atoms with Gasteiger partial charge in [-0.25, -0.2) is 0 Å². The van der Waals surface area contributed by atoms with Crippen molar-refractivity contribution in [1.29, 1.82) is 0 Å². The van der Waals surface area contributed by atoms with Gasteiger partial charge >= 0.3 is 0 Å². The summed E-state index contributed by atoms with van der Waals surface area (Å²) in [6.07, 6.45) is 14.6. The average Bonchev–Trinajstić information content (AvgIpc) is 3.47. The number of hydrogen-bond donors (Lipinski definition) is 0. The van der Waals surface area contributed by atoms with Gasteiger partial charge in [0.1, 0.15) is 0 Å². The SMILES string of the molecule is c1ccc(N(c2ccc(Cc3ccc4ccccc4c3)cc2)c2c3ccc(C4CCCCC4)cc3c(N(c3ccccc3)c3ccc(Cc4ccc5ccccc5c4)cc3)c3ccc(C4CCCCC4)cc23)cc1. The van der Waals surface area contributed by atoms with Crippen LogP contribution in [0, 0.1) is 0 Å². The number of nitrogens with zero attached hydrogens (tertiary/aromatic N) is 2. The fraction of sp³-hybridized carbons (Fsp3) is 0.194. The zero-order valence-corrected chi connectivity index (χ0v) is 42.5. The second-order valence-electron chi connectivity index (χ2n) is 21.4. The van der Waals surface area contributed by atoms with Crippen molar-refractivity contribution in [3.63, 3.8) is 0 Å². The number of para-hydroxylation sites is 2. The predicted octanol–water partition coefficient (Wildman–Crippen LogP) is 20.5. The Morgan fingerprint density at radius 2 is 0.622 bits per heavy atom. The standard InChI is InChI=1S/C72H64N2/c1-5-17-55(18-6-1)61-37-43-67-69(49-61)71(73(63-25-9-3-10-26-63)65-39-31-51(32-40-65)45-53-29-35-57-21-13-15-23-59(57)47-53)68-44-38-62(56-19-7-2-8-20-56)50-70(68)72(67)74(64-27-11-4-12-28-64)66-41-33-52(34-42-66)46-54-30-36-58-22-14-16-24-60(58)48-54/h3-4,9-16,21-44,47-50,55-56H,1-2,5-8,17-20,45-46H2. The Morgan fingerprint density at radius 1 is 0.270 bits per heavy atom. The first-order chi connectivity index (χ1) is 36.7. The van der Waals surface area contributed by atoms with Gasteiger partial charge in [0.05, 0.1) is 11.4 Å². The summed E-state index contributed by atoms with van der Waals surface area (Å²) in [7, 11) is 0. The molecule has 0 aliphatic heterocycles. The summed E-state index contributed by atoms with van der Waals surface area (Å²) in [5.41, 5.74) is 15.3. The summed E-state index contributed by atoms with van der Waals surface area (Å²) < 4.78 is 0. The van der Waals surface area contributed by atoms with E-state index in [4.69, 9.17) is 0 Å². The van der Waals surface area contributed by atoms with Gasteiger partial charge in [-0.05, 0) is 166 Å². The molecule has 13 rings (SSSR count). The summed E-state index contributed by atoms with van der Waals surface area (Å²) in [5, 5.41) is 10.3. The number of hydrogen-bond acceptors (Lipinski definition) is 2. The summed E-state index contributed by atoms with van der Waals surface area (Å²) in [4.78, 5) is 5.15. The molecule has 74 heavy (non-hydrogen) atoms. The third-order valence-electron chi connectivity index (χ3n) is 16.6. The highest BCUT2D eigenvalue weighted by atomic mass is 15.2. The molecular weight excluding hydrogens is 893 g/mol. The smallest absolute Gasteiger partial charge is 0.0620 e. The van der Waals surface area contributed by atoms with E-state index in [9.17, 15) is 0 Å². The maximum atomic E-state index is 2.61. The van der Waals surface area contributed by atoms with Gasteiger partial charge in [0.2, 0.25) is 0 Å². The van der Waals surface area contributed by atoms with Gasteiger partial charge in [0.25, 0.3) is 0 Å². The molecule has 0 saturated heterocycles. The van der Waals surface area contributed by atoms with Crippen LogP contribution in [0.3, 0.4) is 0 Å². The highest BCUT2D eigenvalue weighted by Crippen LogP contribution is 2.53. The lowest BCUT2D eigenvalue weighted by molar-refractivity contribution is 0.444. The van der Waals surface area contributed by atoms with Crippen LogP contribution < -0.4 is 9.80 Å². The molecule has 362 valence electrons. The Kier molecular flexibility index (Phi) is 12.7. The van der Waals surface area contributed by atoms with Crippen LogP contribution in [0.25, 0.3) is 43.1 Å². The lowest BCUT2D eigenvalue weighted by Crippen LogP contribution is -2.15. The van der Waals surface area contributed by atoms with E-state index in [-0.39, 0.29) is 0 Å². The third kappa shape index (κ3) is 9.24. The van der Waals surface area contributed by atoms with Gasteiger partial charge < -0.3 is 9.80 Å². The molecule has 0 radical (unpaired) electrons. The van der Waals surface area contributed by atoms with E-state index in [1.807, 2.05) is 0 Å². The number of fused-ring (bicyclic) bond motifs is 4. The van der Waals surface area contributed by atoms with Gasteiger partial charge in [-0.3, -0.25) is 0 Å². The van der Waals surface area contributed by atoms with E-state index in [0.717, 1.165) is 35.6 Å². The minimum atomic E-state index is 0.550. The molecule has 0 heterocycles. The molecule has 0 atom stereocenters. The molecule has 0 unspecified atom stereocenters. The molecule has 0 aromatic heterocycles. The minimum Gasteiger partial charge on any atom is -0.309 e. The van der Waals surface area contributed by atoms with Crippen molar-refractivity contribution in [3.05, 3.63) is 264 Å². The summed E-state index contributed by atoms with van der Waals surface area (Å²) in [5.74, 6) is 1.10. The maximum Gasteiger partial charge on any atom is 0.0620 e. The third-order valence-corrected chi connectivity index (χ3v) is 16.6. The summed E-state index contributed by atoms with van der Waals surface area (Å²) in [6.45, 7) is 0. The van der Waals surface area contributed by atoms with Crippen LogP contribution >= 0.6 is 0 Å². The van der Waals surface area contributed by atoms with Crippen LogP contribution in [-0.2, 0) is 12.8 Å². The van der Waals surface area contributed by atoms with Crippen LogP contribution in [0.5, 0.6) is 0 Å². The van der Waals surface area contributed by atoms with Gasteiger partial charge in [-0.1, -0.05) is 208 Å². The zero-order valence-electron chi connectivity index (χ0n) is 42.5. The molecule has 2 aliphatic rings. The quantitative estimate of drug-likeness (QED) is 0.0889. The predicted molar refractivity (Wildman–Crippen MR) is 316 cm³/mol. The van der Waals surface area contributed by atoms with Gasteiger partial charge in [-0.2, -0.15) is 0 Å². The second kappa shape index (κ2) is 20.5. The molecule has 2 nitrogen and oxygen atoms in total. The fourth-order valence-electron chi connectivity index (χ4n) is 12.7. The first-order valence-electron chi connectivity index (χ1n) is 27.5. The summed E-state index contributed by atoms with van der Waals surface area (Å²) >= 11 is 0. The van der Waals surface area contributed by atoms with Crippen LogP contribution in [-0.4, -0.2) is 0 Å². The van der Waals surface area contributed by atoms with Crippen molar-refractivity contribution in [1.82, 2.24) is 0 Å². The summed E-state index contributed by atoms with van der Waals surface area (Å²) in [6, 6.07) is 87.6. The largest absolute Gasteiger partial charge is 0.309 e. The van der Waals surface area contributed by atoms with Crippen molar-refractivity contribution in [2.75, 3.05) is 9.80 Å². The molecule has 2 fully saturated rings. The van der Waals surface area contributed by atoms with E-state index in [0.29, 0.717) is 11.8 Å². The van der Waals surface area contributed by atoms with Gasteiger partial charge in [0.15, 0.2) is 0 Å². The van der Waals surface area contributed by atoms with Crippen molar-refractivity contribution in [2.45, 2.75) is 88.9 Å². The van der Waals surface area contributed by atoms with Crippen LogP contribution in [0.15, 0.2) is 231 Å². The normalized spacial score (nSPS) is 14.5. The van der Waals surface area contributed by atoms with Crippen molar-refractivity contribution >= 4 is 77.2 Å². The van der Waals surface area contributed by atoms with Crippen LogP contribution in [0.4, 0.5) is 34.1 Å². The minimum absolute atomic E-state index is 0.550. The fourth-order valence-corrected chi connectivity index (χ4v) is 12.7. The number of anilines is 6. The lowest BCUT2D eigenvalue weighted by Gasteiger charge is -2.34. The molecule has 2 heteroatoms. The number of benzene rings is 11. The molecule has 0 bridgehead atoms. The van der Waals surface area contributed by atoms with E-state index >= 15 is 0 Å². The molecule has 2 aliphatic carbocycles. The Labute approximate surface area is 437 Å². The molecule has 0 spiro atoms. The van der Waals surface area contributed by atoms with Crippen LogP contribution in [0.1, 0.15) is 109 Å². The first kappa shape index (κ1) is 45.9. The molecular formula is C72H64N2. The van der Waals surface area contributed by atoms with E-state index < -0.39 is 0 Å². The van der Waals surface area contributed by atoms with Gasteiger partial charge in [0, 0.05) is 44.3 Å². The van der Waals surface area contributed by atoms with Crippen molar-refractivity contribution in [3.8, 4) is 0 Å². The van der Waals surface area contributed by atoms with E-state index in [1.54, 1.807) is 0 Å². The second-order valence-corrected chi connectivity index (χ2v) is 21.4.